The topological polar surface area (TPSA) is 136 Å². The summed E-state index contributed by atoms with van der Waals surface area (Å²) in [7, 11) is 3.32. The van der Waals surface area contributed by atoms with E-state index in [1.165, 1.54) is 16.0 Å². The molecule has 1 saturated carbocycles. The van der Waals surface area contributed by atoms with Crippen LogP contribution in [0.25, 0.3) is 11.1 Å². The Hall–Kier alpha value is -4.04. The van der Waals surface area contributed by atoms with E-state index in [0.29, 0.717) is 23.4 Å². The number of ether oxygens (including phenoxy) is 1. The molecule has 194 valence electrons. The van der Waals surface area contributed by atoms with E-state index in [0.717, 1.165) is 0 Å². The van der Waals surface area contributed by atoms with Gasteiger partial charge in [-0.05, 0) is 41.8 Å². The number of amides is 3. The van der Waals surface area contributed by atoms with E-state index < -0.39 is 24.8 Å². The second-order valence-electron chi connectivity index (χ2n) is 9.38. The number of aliphatic hydroxyl groups excluding tert-OH is 1. The average Bonchev–Trinajstić information content (AvgIpc) is 3.70. The van der Waals surface area contributed by atoms with E-state index >= 15 is 0 Å². The van der Waals surface area contributed by atoms with Gasteiger partial charge in [-0.1, -0.05) is 6.07 Å². The Morgan fingerprint density at radius 2 is 2.00 bits per heavy atom. The zero-order valence-corrected chi connectivity index (χ0v) is 20.6. The molecular weight excluding hydrogens is 481 g/mol. The predicted molar refractivity (Wildman–Crippen MR) is 131 cm³/mol. The van der Waals surface area contributed by atoms with Crippen molar-refractivity contribution in [3.05, 3.63) is 42.1 Å². The Kier molecular flexibility index (Phi) is 7.69. The summed E-state index contributed by atoms with van der Waals surface area (Å²) in [6, 6.07) is 10.4. The first-order valence-electron chi connectivity index (χ1n) is 11.9. The molecule has 3 amide bonds. The predicted octanol–water partition coefficient (Wildman–Crippen LogP) is 1.59. The van der Waals surface area contributed by atoms with Gasteiger partial charge in [0.25, 0.3) is 0 Å². The van der Waals surface area contributed by atoms with Gasteiger partial charge in [-0.25, -0.2) is 9.37 Å². The number of hydrogen-bond acceptors (Lipinski definition) is 7. The van der Waals surface area contributed by atoms with Crippen molar-refractivity contribution < 1.29 is 28.6 Å². The number of aliphatic hydroxyl groups is 1. The molecular formula is C26H28FN5O5. The highest BCUT2D eigenvalue weighted by atomic mass is 19.1. The lowest BCUT2D eigenvalue weighted by Crippen LogP contribution is -2.50. The van der Waals surface area contributed by atoms with Crippen LogP contribution in [-0.2, 0) is 14.4 Å². The van der Waals surface area contributed by atoms with Gasteiger partial charge in [-0.15, -0.1) is 0 Å². The van der Waals surface area contributed by atoms with Crippen molar-refractivity contribution in [1.29, 1.82) is 5.26 Å². The summed E-state index contributed by atoms with van der Waals surface area (Å²) in [5.74, 6) is -1.00. The summed E-state index contributed by atoms with van der Waals surface area (Å²) in [6.45, 7) is -0.600. The van der Waals surface area contributed by atoms with Crippen LogP contribution in [0.3, 0.4) is 0 Å². The molecule has 1 aromatic heterocycles. The van der Waals surface area contributed by atoms with E-state index in [4.69, 9.17) is 9.84 Å². The molecule has 0 unspecified atom stereocenters. The smallest absolute Gasteiger partial charge is 0.248 e. The molecule has 0 spiro atoms. The standard InChI is InChI=1S/C26H28FN5O5/c1-31(2)26(36)19-11-18(19)25(35)30-23-10-16(5-7-29-23)15-3-4-21(17(9-15)12-28)37-22-6-8-32(13-20(22)27)24(34)14-33/h3-5,7,9-10,18-20,22,33H,6,8,11,13-14H2,1-2H3,(H,29,30,35)/t18-,19+,20+,22-/m0/s1. The monoisotopic (exact) mass is 509 g/mol. The maximum Gasteiger partial charge on any atom is 0.248 e. The van der Waals surface area contributed by atoms with Crippen LogP contribution in [0.2, 0.25) is 0 Å². The molecule has 1 aliphatic heterocycles. The highest BCUT2D eigenvalue weighted by molar-refractivity contribution is 5.99. The van der Waals surface area contributed by atoms with E-state index in [1.807, 2.05) is 0 Å². The number of anilines is 1. The number of alkyl halides is 1. The van der Waals surface area contributed by atoms with Crippen LogP contribution in [0.5, 0.6) is 5.75 Å². The number of aromatic nitrogens is 1. The SMILES string of the molecule is CN(C)C(=O)[C@@H]1C[C@@H]1C(=O)Nc1cc(-c2ccc(O[C@H]3CCN(C(=O)CO)C[C@H]3F)c(C#N)c2)ccn1. The van der Waals surface area contributed by atoms with E-state index in [9.17, 15) is 24.0 Å². The van der Waals surface area contributed by atoms with Crippen molar-refractivity contribution in [2.24, 2.45) is 11.8 Å². The molecule has 2 fully saturated rings. The fraction of sp³-hybridized carbons (Fsp3) is 0.423. The highest BCUT2D eigenvalue weighted by Crippen LogP contribution is 2.40. The maximum absolute atomic E-state index is 14.6. The average molecular weight is 510 g/mol. The van der Waals surface area contributed by atoms with E-state index in [-0.39, 0.29) is 54.5 Å². The minimum atomic E-state index is -1.46. The van der Waals surface area contributed by atoms with Crippen molar-refractivity contribution in [3.63, 3.8) is 0 Å². The summed E-state index contributed by atoms with van der Waals surface area (Å²) in [5.41, 5.74) is 1.59. The zero-order chi connectivity index (χ0) is 26.7. The quantitative estimate of drug-likeness (QED) is 0.579. The summed E-state index contributed by atoms with van der Waals surface area (Å²) < 4.78 is 20.4. The molecule has 2 N–H and O–H groups in total. The number of halogens is 1. The molecule has 4 atom stereocenters. The number of carbonyl (C=O) groups is 3. The number of pyridine rings is 1. The second kappa shape index (κ2) is 10.9. The van der Waals surface area contributed by atoms with Crippen LogP contribution in [0.15, 0.2) is 36.5 Å². The van der Waals surface area contributed by atoms with Gasteiger partial charge in [0.15, 0.2) is 6.17 Å². The van der Waals surface area contributed by atoms with Gasteiger partial charge in [0.1, 0.15) is 30.3 Å². The molecule has 11 heteroatoms. The van der Waals surface area contributed by atoms with Crippen LogP contribution in [0.1, 0.15) is 18.4 Å². The molecule has 10 nitrogen and oxygen atoms in total. The number of rotatable bonds is 7. The van der Waals surface area contributed by atoms with Gasteiger partial charge in [0.05, 0.1) is 23.9 Å². The maximum atomic E-state index is 14.6. The Labute approximate surface area is 213 Å². The van der Waals surface area contributed by atoms with Crippen molar-refractivity contribution >= 4 is 23.5 Å². The lowest BCUT2D eigenvalue weighted by molar-refractivity contribution is -0.138. The molecule has 37 heavy (non-hydrogen) atoms. The minimum absolute atomic E-state index is 0.0727. The lowest BCUT2D eigenvalue weighted by atomic mass is 10.0. The van der Waals surface area contributed by atoms with Crippen LogP contribution in [-0.4, -0.2) is 83.7 Å². The Bertz CT molecular complexity index is 1250. The number of carbonyl (C=O) groups excluding carboxylic acids is 3. The molecule has 2 aromatic rings. The van der Waals surface area contributed by atoms with Gasteiger partial charge in [0, 0.05) is 33.3 Å². The van der Waals surface area contributed by atoms with Crippen LogP contribution in [0, 0.1) is 23.2 Å². The fourth-order valence-electron chi connectivity index (χ4n) is 4.39. The van der Waals surface area contributed by atoms with Crippen LogP contribution < -0.4 is 10.1 Å². The Morgan fingerprint density at radius 1 is 1.24 bits per heavy atom. The van der Waals surface area contributed by atoms with Gasteiger partial charge in [-0.3, -0.25) is 14.4 Å². The third-order valence-corrected chi connectivity index (χ3v) is 6.58. The van der Waals surface area contributed by atoms with E-state index in [1.54, 1.807) is 44.4 Å². The van der Waals surface area contributed by atoms with Gasteiger partial charge >= 0.3 is 0 Å². The van der Waals surface area contributed by atoms with Gasteiger partial charge in [-0.2, -0.15) is 5.26 Å². The van der Waals surface area contributed by atoms with Gasteiger partial charge in [0.2, 0.25) is 17.7 Å². The number of likely N-dealkylation sites (tertiary alicyclic amines) is 1. The van der Waals surface area contributed by atoms with Crippen molar-refractivity contribution in [1.82, 2.24) is 14.8 Å². The number of hydrogen-bond donors (Lipinski definition) is 2. The largest absolute Gasteiger partial charge is 0.486 e. The molecule has 1 aliphatic carbocycles. The lowest BCUT2D eigenvalue weighted by Gasteiger charge is -2.34. The first-order valence-corrected chi connectivity index (χ1v) is 11.9. The molecule has 4 rings (SSSR count). The van der Waals surface area contributed by atoms with Crippen LogP contribution in [0.4, 0.5) is 10.2 Å². The number of nitrogens with one attached hydrogen (secondary N) is 1. The Balaban J connectivity index is 1.43. The van der Waals surface area contributed by atoms with E-state index in [2.05, 4.69) is 16.4 Å². The van der Waals surface area contributed by atoms with Crippen molar-refractivity contribution in [2.75, 3.05) is 39.1 Å². The van der Waals surface area contributed by atoms with Crippen molar-refractivity contribution in [2.45, 2.75) is 25.1 Å². The molecule has 0 bridgehead atoms. The fourth-order valence-corrected chi connectivity index (χ4v) is 4.39. The number of piperidine rings is 1. The first-order chi connectivity index (χ1) is 17.7. The third kappa shape index (κ3) is 5.86. The number of nitrogens with zero attached hydrogens (tertiary/aromatic N) is 4. The number of nitriles is 1. The molecule has 1 saturated heterocycles. The van der Waals surface area contributed by atoms with Crippen LogP contribution >= 0.6 is 0 Å². The van der Waals surface area contributed by atoms with Crippen molar-refractivity contribution in [3.8, 4) is 22.9 Å². The zero-order valence-electron chi connectivity index (χ0n) is 20.6. The highest BCUT2D eigenvalue weighted by Gasteiger charge is 2.48. The molecule has 1 aromatic carbocycles. The summed E-state index contributed by atoms with van der Waals surface area (Å²) in [4.78, 5) is 43.1. The Morgan fingerprint density at radius 3 is 2.68 bits per heavy atom. The summed E-state index contributed by atoms with van der Waals surface area (Å²) >= 11 is 0. The second-order valence-corrected chi connectivity index (χ2v) is 9.38. The minimum Gasteiger partial charge on any atom is -0.486 e. The third-order valence-electron chi connectivity index (χ3n) is 6.58. The molecule has 2 heterocycles. The summed E-state index contributed by atoms with van der Waals surface area (Å²) in [5, 5.41) is 21.4. The normalized spacial score (nSPS) is 22.5. The molecule has 2 aliphatic rings. The summed E-state index contributed by atoms with van der Waals surface area (Å²) in [6.07, 6.45) is -0.0117. The number of benzene rings is 1. The molecule has 0 radical (unpaired) electrons. The van der Waals surface area contributed by atoms with Gasteiger partial charge < -0.3 is 25.0 Å². The first kappa shape index (κ1) is 26.0.